The molecule has 4 heteroatoms. The molecule has 0 aromatic carbocycles. The first kappa shape index (κ1) is 10.4. The molecule has 0 bridgehead atoms. The molecule has 0 radical (unpaired) electrons. The molecule has 4 nitrogen and oxygen atoms in total. The molecule has 0 saturated heterocycles. The van der Waals surface area contributed by atoms with Crippen molar-refractivity contribution in [1.82, 2.24) is 4.98 Å². The number of aryl methyl sites for hydroxylation is 1. The number of fused-ring (bicyclic) bond motifs is 1. The van der Waals surface area contributed by atoms with Gasteiger partial charge in [0.05, 0.1) is 11.6 Å². The Kier molecular flexibility index (Phi) is 2.42. The van der Waals surface area contributed by atoms with E-state index >= 15 is 0 Å². The highest BCUT2D eigenvalue weighted by Gasteiger charge is 2.38. The number of hydrogen-bond donors (Lipinski definition) is 0. The van der Waals surface area contributed by atoms with Gasteiger partial charge in [0.1, 0.15) is 0 Å². The van der Waals surface area contributed by atoms with E-state index in [0.29, 0.717) is 5.82 Å². The molecule has 1 atom stereocenters. The molecule has 1 unspecified atom stereocenters. The topological polar surface area (TPSA) is 45.6 Å². The quantitative estimate of drug-likeness (QED) is 0.741. The normalized spacial score (nSPS) is 23.6. The van der Waals surface area contributed by atoms with E-state index in [1.165, 1.54) is 5.01 Å². The summed E-state index contributed by atoms with van der Waals surface area (Å²) in [5.74, 6) is 0.765. The number of hydrazone groups is 1. The molecule has 0 N–H and O–H groups in total. The number of anilines is 1. The molecular weight excluding hydrogens is 214 g/mol. The van der Waals surface area contributed by atoms with Crippen LogP contribution in [0.15, 0.2) is 23.4 Å². The van der Waals surface area contributed by atoms with Crippen molar-refractivity contribution < 1.29 is 4.79 Å². The van der Waals surface area contributed by atoms with E-state index in [-0.39, 0.29) is 11.8 Å². The second-order valence-electron chi connectivity index (χ2n) is 4.73. The minimum Gasteiger partial charge on any atom is -0.272 e. The fourth-order valence-corrected chi connectivity index (χ4v) is 2.51. The van der Waals surface area contributed by atoms with Gasteiger partial charge in [-0.15, -0.1) is 0 Å². The van der Waals surface area contributed by atoms with Gasteiger partial charge in [-0.1, -0.05) is 6.42 Å². The Labute approximate surface area is 100 Å². The molecule has 2 aliphatic rings. The summed E-state index contributed by atoms with van der Waals surface area (Å²) in [6.45, 7) is 1.99. The maximum absolute atomic E-state index is 12.2. The highest BCUT2D eigenvalue weighted by atomic mass is 16.2. The number of amides is 1. The van der Waals surface area contributed by atoms with Gasteiger partial charge in [-0.05, 0) is 43.9 Å². The second kappa shape index (κ2) is 3.95. The maximum atomic E-state index is 12.2. The minimum absolute atomic E-state index is 0.0195. The van der Waals surface area contributed by atoms with Gasteiger partial charge in [-0.2, -0.15) is 10.1 Å². The molecule has 1 aromatic rings. The molecule has 1 amide bonds. The third-order valence-electron chi connectivity index (χ3n) is 3.43. The van der Waals surface area contributed by atoms with Crippen molar-refractivity contribution >= 4 is 17.4 Å². The van der Waals surface area contributed by atoms with Crippen LogP contribution in [0.25, 0.3) is 0 Å². The van der Waals surface area contributed by atoms with Crippen molar-refractivity contribution in [2.24, 2.45) is 11.0 Å². The summed E-state index contributed by atoms with van der Waals surface area (Å²) in [6, 6.07) is 3.82. The lowest BCUT2D eigenvalue weighted by Crippen LogP contribution is -2.29. The predicted octanol–water partition coefficient (Wildman–Crippen LogP) is 2.28. The van der Waals surface area contributed by atoms with Crippen molar-refractivity contribution in [3.05, 3.63) is 23.9 Å². The van der Waals surface area contributed by atoms with Crippen molar-refractivity contribution in [3.63, 3.8) is 0 Å². The van der Waals surface area contributed by atoms with Gasteiger partial charge in [-0.25, -0.2) is 4.98 Å². The maximum Gasteiger partial charge on any atom is 0.257 e. The van der Waals surface area contributed by atoms with Crippen LogP contribution in [0.3, 0.4) is 0 Å². The highest BCUT2D eigenvalue weighted by Crippen LogP contribution is 2.31. The van der Waals surface area contributed by atoms with Crippen LogP contribution in [0.1, 0.15) is 31.2 Å². The Bertz CT molecular complexity index is 495. The smallest absolute Gasteiger partial charge is 0.257 e. The van der Waals surface area contributed by atoms with Crippen LogP contribution in [-0.4, -0.2) is 16.6 Å². The summed E-state index contributed by atoms with van der Waals surface area (Å²) in [5.41, 5.74) is 2.14. The van der Waals surface area contributed by atoms with Crippen molar-refractivity contribution in [1.29, 1.82) is 0 Å². The lowest BCUT2D eigenvalue weighted by molar-refractivity contribution is -0.120. The summed E-state index contributed by atoms with van der Waals surface area (Å²) < 4.78 is 0. The summed E-state index contributed by atoms with van der Waals surface area (Å²) >= 11 is 0. The fourth-order valence-electron chi connectivity index (χ4n) is 2.51. The van der Waals surface area contributed by atoms with Crippen molar-refractivity contribution in [2.45, 2.75) is 32.6 Å². The largest absolute Gasteiger partial charge is 0.272 e. The summed E-state index contributed by atoms with van der Waals surface area (Å²) in [7, 11) is 0. The Balaban J connectivity index is 1.94. The lowest BCUT2D eigenvalue weighted by Gasteiger charge is -2.16. The summed E-state index contributed by atoms with van der Waals surface area (Å²) in [5, 5.41) is 5.92. The van der Waals surface area contributed by atoms with E-state index in [0.717, 1.165) is 37.0 Å². The number of aromatic nitrogens is 1. The Morgan fingerprint density at radius 1 is 1.41 bits per heavy atom. The summed E-state index contributed by atoms with van der Waals surface area (Å²) in [6.07, 6.45) is 5.90. The van der Waals surface area contributed by atoms with Crippen LogP contribution in [0.2, 0.25) is 0 Å². The van der Waals surface area contributed by atoms with Gasteiger partial charge < -0.3 is 0 Å². The highest BCUT2D eigenvalue weighted by molar-refractivity contribution is 6.15. The Morgan fingerprint density at radius 2 is 2.29 bits per heavy atom. The van der Waals surface area contributed by atoms with E-state index in [1.807, 2.05) is 19.1 Å². The molecule has 3 rings (SSSR count). The molecule has 1 aromatic heterocycles. The number of nitrogens with zero attached hydrogens (tertiary/aromatic N) is 3. The average molecular weight is 229 g/mol. The van der Waals surface area contributed by atoms with Crippen molar-refractivity contribution in [3.8, 4) is 0 Å². The van der Waals surface area contributed by atoms with Crippen LogP contribution in [0.4, 0.5) is 5.82 Å². The zero-order valence-electron chi connectivity index (χ0n) is 9.89. The second-order valence-corrected chi connectivity index (χ2v) is 4.73. The fraction of sp³-hybridized carbons (Fsp3) is 0.462. The molecule has 1 aliphatic heterocycles. The zero-order valence-corrected chi connectivity index (χ0v) is 9.89. The van der Waals surface area contributed by atoms with E-state index in [4.69, 9.17) is 0 Å². The first-order chi connectivity index (χ1) is 8.25. The number of hydrogen-bond acceptors (Lipinski definition) is 3. The Morgan fingerprint density at radius 3 is 3.06 bits per heavy atom. The Hall–Kier alpha value is -1.71. The van der Waals surface area contributed by atoms with Crippen LogP contribution in [-0.2, 0) is 4.79 Å². The number of carbonyl (C=O) groups is 1. The lowest BCUT2D eigenvalue weighted by atomic mass is 9.87. The third-order valence-corrected chi connectivity index (χ3v) is 3.43. The van der Waals surface area contributed by atoms with Crippen LogP contribution in [0, 0.1) is 12.8 Å². The van der Waals surface area contributed by atoms with Gasteiger partial charge >= 0.3 is 0 Å². The first-order valence-electron chi connectivity index (χ1n) is 6.10. The van der Waals surface area contributed by atoms with Crippen LogP contribution < -0.4 is 5.01 Å². The SMILES string of the molecule is Cc1ccnc(N2N=C3CCCCC3C2=O)c1. The monoisotopic (exact) mass is 229 g/mol. The average Bonchev–Trinajstić information content (AvgIpc) is 2.68. The molecule has 0 spiro atoms. The summed E-state index contributed by atoms with van der Waals surface area (Å²) in [4.78, 5) is 16.5. The molecule has 1 aliphatic carbocycles. The van der Waals surface area contributed by atoms with Gasteiger partial charge in [0, 0.05) is 6.20 Å². The standard InChI is InChI=1S/C13H15N3O/c1-9-6-7-14-12(8-9)16-13(17)10-4-2-3-5-11(10)15-16/h6-8,10H,2-5H2,1H3. The molecular formula is C13H15N3O. The first-order valence-corrected chi connectivity index (χ1v) is 6.10. The van der Waals surface area contributed by atoms with E-state index in [2.05, 4.69) is 10.1 Å². The van der Waals surface area contributed by atoms with Crippen molar-refractivity contribution in [2.75, 3.05) is 5.01 Å². The van der Waals surface area contributed by atoms with E-state index in [9.17, 15) is 4.79 Å². The molecule has 88 valence electrons. The van der Waals surface area contributed by atoms with Gasteiger partial charge in [0.2, 0.25) is 0 Å². The minimum atomic E-state index is 0.0195. The van der Waals surface area contributed by atoms with E-state index < -0.39 is 0 Å². The van der Waals surface area contributed by atoms with E-state index in [1.54, 1.807) is 6.20 Å². The number of carbonyl (C=O) groups excluding carboxylic acids is 1. The molecule has 2 heterocycles. The molecule has 1 fully saturated rings. The van der Waals surface area contributed by atoms with Gasteiger partial charge in [0.15, 0.2) is 5.82 Å². The number of rotatable bonds is 1. The van der Waals surface area contributed by atoms with Gasteiger partial charge in [-0.3, -0.25) is 4.79 Å². The number of pyridine rings is 1. The molecule has 17 heavy (non-hydrogen) atoms. The molecule has 1 saturated carbocycles. The third kappa shape index (κ3) is 1.73. The van der Waals surface area contributed by atoms with Crippen LogP contribution in [0.5, 0.6) is 0 Å². The van der Waals surface area contributed by atoms with Crippen LogP contribution >= 0.6 is 0 Å². The zero-order chi connectivity index (χ0) is 11.8. The predicted molar refractivity (Wildman–Crippen MR) is 65.9 cm³/mol. The van der Waals surface area contributed by atoms with Gasteiger partial charge in [0.25, 0.3) is 5.91 Å².